The third kappa shape index (κ3) is 7.28. The van der Waals surface area contributed by atoms with Gasteiger partial charge in [-0.2, -0.15) is 5.26 Å². The van der Waals surface area contributed by atoms with Crippen molar-refractivity contribution in [2.24, 2.45) is 16.3 Å². The maximum Gasteiger partial charge on any atom is 0.259 e. The van der Waals surface area contributed by atoms with Crippen LogP contribution in [0, 0.1) is 26.2 Å². The van der Waals surface area contributed by atoms with Gasteiger partial charge in [-0.1, -0.05) is 50.6 Å². The van der Waals surface area contributed by atoms with Gasteiger partial charge in [0, 0.05) is 27.4 Å². The van der Waals surface area contributed by atoms with Crippen LogP contribution in [0.15, 0.2) is 65.7 Å². The van der Waals surface area contributed by atoms with E-state index in [1.807, 2.05) is 30.3 Å². The van der Waals surface area contributed by atoms with Crippen LogP contribution in [0.2, 0.25) is 5.02 Å². The summed E-state index contributed by atoms with van der Waals surface area (Å²) in [7, 11) is 1.60. The molecule has 226 valence electrons. The molecule has 1 atom stereocenters. The minimum Gasteiger partial charge on any atom is -0.493 e. The van der Waals surface area contributed by atoms with Gasteiger partial charge < -0.3 is 14.8 Å². The molecule has 1 aliphatic rings. The van der Waals surface area contributed by atoms with Gasteiger partial charge in [0.25, 0.3) is 5.91 Å². The topological polar surface area (TPSA) is 83.7 Å². The van der Waals surface area contributed by atoms with Crippen LogP contribution in [0.1, 0.15) is 64.7 Å². The summed E-state index contributed by atoms with van der Waals surface area (Å²) in [4.78, 5) is 19.8. The van der Waals surface area contributed by atoms with Crippen molar-refractivity contribution in [2.75, 3.05) is 12.4 Å². The zero-order valence-corrected chi connectivity index (χ0v) is 28.8. The number of hydrogen-bond acceptors (Lipinski definition) is 6. The minimum absolute atomic E-state index is 0.167. The molecule has 0 saturated carbocycles. The van der Waals surface area contributed by atoms with E-state index in [1.54, 1.807) is 55.0 Å². The molecule has 6 nitrogen and oxygen atoms in total. The first kappa shape index (κ1) is 32.0. The number of rotatable bonds is 8. The highest BCUT2D eigenvalue weighted by Gasteiger charge is 2.33. The Morgan fingerprint density at radius 3 is 2.66 bits per heavy atom. The van der Waals surface area contributed by atoms with Crippen molar-refractivity contribution >= 4 is 68.3 Å². The number of nitrogens with zero attached hydrogens (tertiary/aromatic N) is 2. The van der Waals surface area contributed by atoms with Gasteiger partial charge in [0.15, 0.2) is 11.5 Å². The van der Waals surface area contributed by atoms with E-state index < -0.39 is 0 Å². The van der Waals surface area contributed by atoms with Crippen LogP contribution >= 0.6 is 45.5 Å². The fraction of sp³-hybridized carbons (Fsp3) is 0.286. The fourth-order valence-corrected chi connectivity index (χ4v) is 7.53. The van der Waals surface area contributed by atoms with E-state index in [9.17, 15) is 10.1 Å². The van der Waals surface area contributed by atoms with Crippen molar-refractivity contribution in [3.63, 3.8) is 0 Å². The number of fused-ring (bicyclic) bond motifs is 1. The molecule has 0 unspecified atom stereocenters. The minimum atomic E-state index is -0.167. The van der Waals surface area contributed by atoms with Gasteiger partial charge in [-0.15, -0.1) is 11.3 Å². The molecule has 3 aromatic carbocycles. The predicted molar refractivity (Wildman–Crippen MR) is 187 cm³/mol. The van der Waals surface area contributed by atoms with Crippen molar-refractivity contribution in [2.45, 2.75) is 46.6 Å². The van der Waals surface area contributed by atoms with Gasteiger partial charge in [0.1, 0.15) is 11.6 Å². The first-order valence-corrected chi connectivity index (χ1v) is 16.6. The summed E-state index contributed by atoms with van der Waals surface area (Å²) in [6, 6.07) is 20.5. The molecule has 0 spiro atoms. The highest BCUT2D eigenvalue weighted by molar-refractivity contribution is 14.1. The maximum absolute atomic E-state index is 13.7. The van der Waals surface area contributed by atoms with Gasteiger partial charge in [-0.05, 0) is 107 Å². The highest BCUT2D eigenvalue weighted by atomic mass is 127. The van der Waals surface area contributed by atoms with Crippen molar-refractivity contribution in [1.82, 2.24) is 0 Å². The number of aliphatic imine (C=N–C) groups is 1. The molecule has 5 rings (SSSR count). The highest BCUT2D eigenvalue weighted by Crippen LogP contribution is 2.45. The first-order chi connectivity index (χ1) is 21.1. The molecule has 1 amide bonds. The van der Waals surface area contributed by atoms with E-state index >= 15 is 0 Å². The number of benzene rings is 3. The van der Waals surface area contributed by atoms with Crippen molar-refractivity contribution in [1.29, 1.82) is 5.26 Å². The van der Waals surface area contributed by atoms with Crippen LogP contribution in [-0.2, 0) is 19.4 Å². The summed E-state index contributed by atoms with van der Waals surface area (Å²) in [5, 5.41) is 13.8. The summed E-state index contributed by atoms with van der Waals surface area (Å²) >= 11 is 9.88. The average Bonchev–Trinajstić information content (AvgIpc) is 3.38. The lowest BCUT2D eigenvalue weighted by Gasteiger charge is -2.33. The number of halogens is 2. The van der Waals surface area contributed by atoms with Crippen LogP contribution in [0.5, 0.6) is 11.5 Å². The van der Waals surface area contributed by atoms with Crippen LogP contribution < -0.4 is 14.8 Å². The Labute approximate surface area is 281 Å². The van der Waals surface area contributed by atoms with Crippen molar-refractivity contribution < 1.29 is 14.3 Å². The number of hydrogen-bond donors (Lipinski definition) is 1. The normalized spacial score (nSPS) is 14.6. The fourth-order valence-electron chi connectivity index (χ4n) is 5.36. The van der Waals surface area contributed by atoms with E-state index in [0.717, 1.165) is 39.5 Å². The second kappa shape index (κ2) is 13.7. The molecule has 1 aliphatic carbocycles. The van der Waals surface area contributed by atoms with Gasteiger partial charge >= 0.3 is 0 Å². The van der Waals surface area contributed by atoms with Gasteiger partial charge in [-0.25, -0.2) is 4.99 Å². The zero-order chi connectivity index (χ0) is 31.4. The molecular weight excluding hydrogens is 705 g/mol. The van der Waals surface area contributed by atoms with Crippen LogP contribution in [0.4, 0.5) is 10.7 Å². The number of methoxy groups -OCH3 is 1. The number of carbonyl (C=O) groups is 1. The van der Waals surface area contributed by atoms with Crippen LogP contribution in [0.25, 0.3) is 0 Å². The molecule has 4 aromatic rings. The summed E-state index contributed by atoms with van der Waals surface area (Å²) in [6.07, 6.45) is 4.59. The monoisotopic (exact) mass is 737 g/mol. The van der Waals surface area contributed by atoms with Gasteiger partial charge in [0.05, 0.1) is 27.9 Å². The van der Waals surface area contributed by atoms with Gasteiger partial charge in [-0.3, -0.25) is 4.79 Å². The molecule has 0 fully saturated rings. The van der Waals surface area contributed by atoms with E-state index in [2.05, 4.69) is 54.7 Å². The number of nitrogens with one attached hydrogen (secondary N) is 1. The molecule has 0 saturated heterocycles. The summed E-state index contributed by atoms with van der Waals surface area (Å²) in [6.45, 7) is 7.10. The number of anilines is 1. The molecule has 0 radical (unpaired) electrons. The summed E-state index contributed by atoms with van der Waals surface area (Å²) in [5.41, 5.74) is 4.81. The van der Waals surface area contributed by atoms with E-state index in [4.69, 9.17) is 26.1 Å². The Morgan fingerprint density at radius 2 is 1.95 bits per heavy atom. The molecular formula is C35H33ClIN3O3S. The summed E-state index contributed by atoms with van der Waals surface area (Å²) in [5.74, 6) is 1.53. The zero-order valence-electron chi connectivity index (χ0n) is 25.0. The summed E-state index contributed by atoms with van der Waals surface area (Å²) < 4.78 is 12.7. The average molecular weight is 738 g/mol. The lowest BCUT2D eigenvalue weighted by atomic mass is 9.72. The van der Waals surface area contributed by atoms with E-state index in [1.165, 1.54) is 4.88 Å². The Bertz CT molecular complexity index is 1750. The molecule has 9 heteroatoms. The Hall–Kier alpha value is -3.39. The van der Waals surface area contributed by atoms with Crippen molar-refractivity contribution in [3.8, 4) is 17.6 Å². The predicted octanol–water partition coefficient (Wildman–Crippen LogP) is 9.62. The second-order valence-corrected chi connectivity index (χ2v) is 14.5. The lowest BCUT2D eigenvalue weighted by molar-refractivity contribution is 0.102. The van der Waals surface area contributed by atoms with Gasteiger partial charge in [0.2, 0.25) is 0 Å². The molecule has 1 heterocycles. The lowest BCUT2D eigenvalue weighted by Crippen LogP contribution is -2.27. The Kier molecular flexibility index (Phi) is 9.98. The smallest absolute Gasteiger partial charge is 0.259 e. The van der Waals surface area contributed by atoms with Crippen LogP contribution in [0.3, 0.4) is 0 Å². The van der Waals surface area contributed by atoms with E-state index in [-0.39, 0.29) is 17.9 Å². The number of carbonyl (C=O) groups excluding carboxylic acids is 1. The molecule has 0 bridgehead atoms. The van der Waals surface area contributed by atoms with E-state index in [0.29, 0.717) is 44.3 Å². The SMILES string of the molecule is COc1cc(C=Nc2sc3c(c2C(=O)Nc2ccc(Cl)cc2)CC[C@@H](C(C)(C)C)C3)cc(I)c1OCc1ccccc1C#N. The van der Waals surface area contributed by atoms with Crippen LogP contribution in [-0.4, -0.2) is 19.2 Å². The number of amides is 1. The second-order valence-electron chi connectivity index (χ2n) is 11.8. The third-order valence-electron chi connectivity index (χ3n) is 7.89. The number of nitriles is 1. The number of thiophene rings is 1. The standard InChI is InChI=1S/C35H33ClIN3O3S/c1-35(2,3)24-9-14-27-30(17-24)44-34(31(27)33(41)40-26-12-10-25(36)11-13-26)39-19-21-15-28(37)32(29(16-21)42-4)43-20-23-8-6-5-7-22(23)18-38/h5-8,10-13,15-16,19,24H,9,14,17,20H2,1-4H3,(H,40,41)/t24-/m1/s1. The molecule has 1 N–H and O–H groups in total. The Morgan fingerprint density at radius 1 is 1.20 bits per heavy atom. The molecule has 1 aromatic heterocycles. The molecule has 0 aliphatic heterocycles. The number of ether oxygens (including phenoxy) is 2. The quantitative estimate of drug-likeness (QED) is 0.144. The van der Waals surface area contributed by atoms with Crippen molar-refractivity contribution in [3.05, 3.63) is 102 Å². The molecule has 44 heavy (non-hydrogen) atoms. The Balaban J connectivity index is 1.45. The third-order valence-corrected chi connectivity index (χ3v) is 10.1. The first-order valence-electron chi connectivity index (χ1n) is 14.3. The maximum atomic E-state index is 13.7. The largest absolute Gasteiger partial charge is 0.493 e.